The summed E-state index contributed by atoms with van der Waals surface area (Å²) in [6.07, 6.45) is 7.51. The van der Waals surface area contributed by atoms with Crippen LogP contribution in [0.5, 0.6) is 0 Å². The molecule has 22 heavy (non-hydrogen) atoms. The molecule has 6 nitrogen and oxygen atoms in total. The lowest BCUT2D eigenvalue weighted by molar-refractivity contribution is -0.154. The molecule has 4 amide bonds. The minimum Gasteiger partial charge on any atom is -0.280 e. The van der Waals surface area contributed by atoms with E-state index in [4.69, 9.17) is 0 Å². The Morgan fingerprint density at radius 3 is 1.86 bits per heavy atom. The van der Waals surface area contributed by atoms with Gasteiger partial charge in [0.1, 0.15) is 0 Å². The summed E-state index contributed by atoms with van der Waals surface area (Å²) in [7, 11) is 0. The van der Waals surface area contributed by atoms with Crippen LogP contribution in [0.4, 0.5) is 0 Å². The molecular formula is C16H20N2O4. The monoisotopic (exact) mass is 304 g/mol. The van der Waals surface area contributed by atoms with E-state index in [1.54, 1.807) is 6.08 Å². The molecule has 118 valence electrons. The van der Waals surface area contributed by atoms with Crippen LogP contribution >= 0.6 is 0 Å². The number of imide groups is 2. The molecule has 1 aliphatic carbocycles. The van der Waals surface area contributed by atoms with E-state index < -0.39 is 0 Å². The van der Waals surface area contributed by atoms with Crippen LogP contribution in [-0.2, 0) is 19.2 Å². The van der Waals surface area contributed by atoms with Gasteiger partial charge in [0.2, 0.25) is 17.7 Å². The van der Waals surface area contributed by atoms with Crippen LogP contribution in [0.1, 0.15) is 51.4 Å². The van der Waals surface area contributed by atoms with E-state index in [1.165, 1.54) is 15.9 Å². The highest BCUT2D eigenvalue weighted by Gasteiger charge is 2.38. The lowest BCUT2D eigenvalue weighted by Gasteiger charge is -2.40. The molecule has 0 atom stereocenters. The van der Waals surface area contributed by atoms with Crippen molar-refractivity contribution >= 4 is 23.6 Å². The van der Waals surface area contributed by atoms with Crippen molar-refractivity contribution in [2.75, 3.05) is 0 Å². The molecule has 3 rings (SSSR count). The Labute approximate surface area is 129 Å². The van der Waals surface area contributed by atoms with Gasteiger partial charge in [-0.05, 0) is 32.1 Å². The van der Waals surface area contributed by atoms with Crippen molar-refractivity contribution in [1.29, 1.82) is 0 Å². The van der Waals surface area contributed by atoms with E-state index in [-0.39, 0.29) is 42.1 Å². The Kier molecular flexibility index (Phi) is 4.09. The third kappa shape index (κ3) is 2.69. The molecule has 6 heteroatoms. The maximum Gasteiger partial charge on any atom is 0.253 e. The molecule has 2 aliphatic heterocycles. The van der Waals surface area contributed by atoms with Crippen LogP contribution in [0.25, 0.3) is 0 Å². The molecule has 0 bridgehead atoms. The van der Waals surface area contributed by atoms with Gasteiger partial charge in [0.05, 0.1) is 0 Å². The summed E-state index contributed by atoms with van der Waals surface area (Å²) in [5.41, 5.74) is 0. The second-order valence-corrected chi connectivity index (χ2v) is 6.18. The Morgan fingerprint density at radius 1 is 0.773 bits per heavy atom. The fourth-order valence-corrected chi connectivity index (χ4v) is 3.70. The Bertz CT molecular complexity index is 530. The Hall–Kier alpha value is -1.98. The summed E-state index contributed by atoms with van der Waals surface area (Å²) in [5, 5.41) is 0. The summed E-state index contributed by atoms with van der Waals surface area (Å²) in [6.45, 7) is 0. The molecule has 0 radical (unpaired) electrons. The lowest BCUT2D eigenvalue weighted by Crippen LogP contribution is -2.52. The minimum atomic E-state index is -0.246. The summed E-state index contributed by atoms with van der Waals surface area (Å²) in [6, 6.07) is -0.168. The molecule has 0 unspecified atom stereocenters. The van der Waals surface area contributed by atoms with Gasteiger partial charge in [-0.1, -0.05) is 6.08 Å². The summed E-state index contributed by atoms with van der Waals surface area (Å²) in [5.74, 6) is -0.550. The molecule has 0 N–H and O–H groups in total. The van der Waals surface area contributed by atoms with Crippen LogP contribution in [0, 0.1) is 0 Å². The van der Waals surface area contributed by atoms with Crippen molar-refractivity contribution < 1.29 is 19.2 Å². The van der Waals surface area contributed by atoms with E-state index in [2.05, 4.69) is 0 Å². The molecule has 0 spiro atoms. The highest BCUT2D eigenvalue weighted by atomic mass is 16.2. The average molecular weight is 304 g/mol. The number of carbonyl (C=O) groups is 4. The van der Waals surface area contributed by atoms with Crippen LogP contribution in [0.3, 0.4) is 0 Å². The van der Waals surface area contributed by atoms with E-state index in [9.17, 15) is 19.2 Å². The van der Waals surface area contributed by atoms with Gasteiger partial charge in [0, 0.05) is 37.4 Å². The van der Waals surface area contributed by atoms with Crippen LogP contribution in [-0.4, -0.2) is 45.5 Å². The SMILES string of the molecule is O=C1C=CCC(=O)N1C1CCC(N2C(=O)CCCC2=O)CC1. The van der Waals surface area contributed by atoms with Gasteiger partial charge in [-0.15, -0.1) is 0 Å². The molecule has 1 saturated heterocycles. The Balaban J connectivity index is 1.64. The molecule has 0 aromatic carbocycles. The molecule has 3 aliphatic rings. The highest BCUT2D eigenvalue weighted by molar-refractivity contribution is 6.04. The standard InChI is InChI=1S/C16H20N2O4/c19-13-3-1-4-14(20)17(13)11-7-9-12(10-8-11)18-15(21)5-2-6-16(18)22/h1,3,11-12H,2,4-10H2. The summed E-state index contributed by atoms with van der Waals surface area (Å²) in [4.78, 5) is 50.5. The first-order valence-corrected chi connectivity index (χ1v) is 7.95. The molecule has 1 saturated carbocycles. The first kappa shape index (κ1) is 14.9. The second-order valence-electron chi connectivity index (χ2n) is 6.18. The number of hydrogen-bond acceptors (Lipinski definition) is 4. The third-order valence-corrected chi connectivity index (χ3v) is 4.77. The smallest absolute Gasteiger partial charge is 0.253 e. The largest absolute Gasteiger partial charge is 0.280 e. The van der Waals surface area contributed by atoms with Crippen LogP contribution < -0.4 is 0 Å². The lowest BCUT2D eigenvalue weighted by atomic mass is 9.87. The zero-order valence-electron chi connectivity index (χ0n) is 12.5. The number of hydrogen-bond donors (Lipinski definition) is 0. The highest BCUT2D eigenvalue weighted by Crippen LogP contribution is 2.30. The molecule has 0 aromatic rings. The predicted octanol–water partition coefficient (Wildman–Crippen LogP) is 1.15. The summed E-state index contributed by atoms with van der Waals surface area (Å²) >= 11 is 0. The van der Waals surface area contributed by atoms with Gasteiger partial charge in [-0.25, -0.2) is 0 Å². The topological polar surface area (TPSA) is 74.8 Å². The first-order valence-electron chi connectivity index (χ1n) is 7.95. The van der Waals surface area contributed by atoms with Gasteiger partial charge in [0.25, 0.3) is 5.91 Å². The third-order valence-electron chi connectivity index (χ3n) is 4.77. The maximum atomic E-state index is 12.0. The molecule has 2 heterocycles. The molecule has 0 aromatic heterocycles. The van der Waals surface area contributed by atoms with E-state index in [0.717, 1.165) is 0 Å². The normalized spacial score (nSPS) is 30.2. The van der Waals surface area contributed by atoms with Crippen molar-refractivity contribution in [1.82, 2.24) is 9.80 Å². The van der Waals surface area contributed by atoms with Crippen molar-refractivity contribution in [2.24, 2.45) is 0 Å². The number of rotatable bonds is 2. The van der Waals surface area contributed by atoms with Gasteiger partial charge in [0.15, 0.2) is 0 Å². The van der Waals surface area contributed by atoms with Gasteiger partial charge in [-0.3, -0.25) is 29.0 Å². The van der Waals surface area contributed by atoms with Crippen molar-refractivity contribution in [3.05, 3.63) is 12.2 Å². The number of likely N-dealkylation sites (tertiary alicyclic amines) is 1. The number of nitrogens with zero attached hydrogens (tertiary/aromatic N) is 2. The van der Waals surface area contributed by atoms with Gasteiger partial charge < -0.3 is 0 Å². The average Bonchev–Trinajstić information content (AvgIpc) is 2.48. The van der Waals surface area contributed by atoms with Crippen molar-refractivity contribution in [2.45, 2.75) is 63.5 Å². The van der Waals surface area contributed by atoms with E-state index >= 15 is 0 Å². The van der Waals surface area contributed by atoms with Crippen molar-refractivity contribution in [3.63, 3.8) is 0 Å². The maximum absolute atomic E-state index is 12.0. The zero-order chi connectivity index (χ0) is 15.7. The van der Waals surface area contributed by atoms with Gasteiger partial charge in [-0.2, -0.15) is 0 Å². The minimum absolute atomic E-state index is 0.0675. The number of piperidine rings is 1. The van der Waals surface area contributed by atoms with E-state index in [0.29, 0.717) is 44.9 Å². The number of amides is 4. The molecular weight excluding hydrogens is 284 g/mol. The first-order chi connectivity index (χ1) is 10.6. The predicted molar refractivity (Wildman–Crippen MR) is 77.4 cm³/mol. The van der Waals surface area contributed by atoms with Crippen LogP contribution in [0.15, 0.2) is 12.2 Å². The zero-order valence-corrected chi connectivity index (χ0v) is 12.5. The van der Waals surface area contributed by atoms with E-state index in [1.807, 2.05) is 0 Å². The van der Waals surface area contributed by atoms with Crippen molar-refractivity contribution in [3.8, 4) is 0 Å². The second kappa shape index (κ2) is 6.02. The fraction of sp³-hybridized carbons (Fsp3) is 0.625. The molecule has 2 fully saturated rings. The Morgan fingerprint density at radius 2 is 1.32 bits per heavy atom. The van der Waals surface area contributed by atoms with Crippen LogP contribution in [0.2, 0.25) is 0 Å². The van der Waals surface area contributed by atoms with Gasteiger partial charge >= 0.3 is 0 Å². The number of carbonyl (C=O) groups excluding carboxylic acids is 4. The fourth-order valence-electron chi connectivity index (χ4n) is 3.70. The summed E-state index contributed by atoms with van der Waals surface area (Å²) < 4.78 is 0. The quantitative estimate of drug-likeness (QED) is 0.717.